The summed E-state index contributed by atoms with van der Waals surface area (Å²) >= 11 is 0. The monoisotopic (exact) mass is 386 g/mol. The van der Waals surface area contributed by atoms with Crippen LogP contribution in [0.4, 0.5) is 0 Å². The summed E-state index contributed by atoms with van der Waals surface area (Å²) in [6.45, 7) is 5.55. The van der Waals surface area contributed by atoms with Gasteiger partial charge in [-0.2, -0.15) is 5.10 Å². The molecule has 3 heterocycles. The van der Waals surface area contributed by atoms with Crippen molar-refractivity contribution in [3.05, 3.63) is 30.5 Å². The van der Waals surface area contributed by atoms with E-state index in [1.807, 2.05) is 35.4 Å². The van der Waals surface area contributed by atoms with Crippen molar-refractivity contribution >= 4 is 16.8 Å². The maximum absolute atomic E-state index is 13.0. The average Bonchev–Trinajstić information content (AvgIpc) is 3.15. The normalized spacial score (nSPS) is 24.0. The molecule has 1 N–H and O–H groups in total. The van der Waals surface area contributed by atoms with Gasteiger partial charge in [-0.05, 0) is 31.2 Å². The lowest BCUT2D eigenvalue weighted by atomic mass is 9.86. The Morgan fingerprint density at radius 2 is 2.04 bits per heavy atom. The Labute approximate surface area is 165 Å². The molecule has 0 saturated carbocycles. The molecule has 4 rings (SSSR count). The van der Waals surface area contributed by atoms with Gasteiger partial charge < -0.3 is 14.7 Å². The molecule has 2 aliphatic rings. The number of ether oxygens (including phenoxy) is 1. The highest BCUT2D eigenvalue weighted by Crippen LogP contribution is 2.27. The van der Waals surface area contributed by atoms with E-state index >= 15 is 0 Å². The molecule has 2 aromatic rings. The molecule has 2 saturated heterocycles. The second-order valence-electron chi connectivity index (χ2n) is 7.83. The number of likely N-dealkylation sites (tertiary alicyclic amines) is 1. The van der Waals surface area contributed by atoms with Crippen LogP contribution in [-0.4, -0.2) is 82.6 Å². The molecule has 7 heteroatoms. The lowest BCUT2D eigenvalue weighted by Crippen LogP contribution is -2.55. The average molecular weight is 386 g/mol. The SMILES string of the molecule is O=C(Cn1ncc2ccccc21)N1CC[C@H](N2CCOCC2)[C@H](CCCO)C1. The maximum atomic E-state index is 13.0. The third-order valence-corrected chi connectivity index (χ3v) is 6.13. The lowest BCUT2D eigenvalue weighted by molar-refractivity contribution is -0.135. The fourth-order valence-corrected chi connectivity index (χ4v) is 4.65. The number of para-hydroxylation sites is 1. The highest BCUT2D eigenvalue weighted by atomic mass is 16.5. The van der Waals surface area contributed by atoms with Crippen LogP contribution >= 0.6 is 0 Å². The summed E-state index contributed by atoms with van der Waals surface area (Å²) in [5.41, 5.74) is 0.996. The minimum atomic E-state index is 0.128. The predicted molar refractivity (Wildman–Crippen MR) is 107 cm³/mol. The molecular formula is C21H30N4O3. The molecule has 152 valence electrons. The first-order valence-electron chi connectivity index (χ1n) is 10.4. The largest absolute Gasteiger partial charge is 0.396 e. The number of rotatable bonds is 6. The molecule has 28 heavy (non-hydrogen) atoms. The van der Waals surface area contributed by atoms with Crippen molar-refractivity contribution in [1.29, 1.82) is 0 Å². The molecule has 0 unspecified atom stereocenters. The van der Waals surface area contributed by atoms with E-state index in [-0.39, 0.29) is 19.1 Å². The number of carbonyl (C=O) groups is 1. The molecule has 1 amide bonds. The van der Waals surface area contributed by atoms with Crippen molar-refractivity contribution in [2.24, 2.45) is 5.92 Å². The zero-order valence-electron chi connectivity index (χ0n) is 16.4. The molecule has 2 aliphatic heterocycles. The number of aliphatic hydroxyl groups is 1. The minimum Gasteiger partial charge on any atom is -0.396 e. The highest BCUT2D eigenvalue weighted by molar-refractivity contribution is 5.82. The Hall–Kier alpha value is -1.96. The van der Waals surface area contributed by atoms with Gasteiger partial charge in [0.05, 0.1) is 24.9 Å². The second kappa shape index (κ2) is 9.03. The van der Waals surface area contributed by atoms with Crippen LogP contribution in [0.3, 0.4) is 0 Å². The molecule has 2 fully saturated rings. The van der Waals surface area contributed by atoms with Gasteiger partial charge in [-0.1, -0.05) is 18.2 Å². The summed E-state index contributed by atoms with van der Waals surface area (Å²) in [6, 6.07) is 8.46. The van der Waals surface area contributed by atoms with Crippen LogP contribution in [-0.2, 0) is 16.1 Å². The molecule has 0 bridgehead atoms. The number of amides is 1. The molecule has 0 spiro atoms. The molecule has 7 nitrogen and oxygen atoms in total. The number of piperidine rings is 1. The molecule has 0 aliphatic carbocycles. The Morgan fingerprint density at radius 3 is 2.86 bits per heavy atom. The van der Waals surface area contributed by atoms with Crippen LogP contribution in [0.5, 0.6) is 0 Å². The van der Waals surface area contributed by atoms with E-state index in [9.17, 15) is 9.90 Å². The van der Waals surface area contributed by atoms with E-state index < -0.39 is 0 Å². The van der Waals surface area contributed by atoms with E-state index in [0.717, 1.165) is 69.6 Å². The number of carbonyl (C=O) groups excluding carboxylic acids is 1. The van der Waals surface area contributed by atoms with Gasteiger partial charge in [0.1, 0.15) is 6.54 Å². The van der Waals surface area contributed by atoms with Crippen molar-refractivity contribution in [2.75, 3.05) is 46.0 Å². The Bertz CT molecular complexity index is 787. The van der Waals surface area contributed by atoms with Crippen molar-refractivity contribution < 1.29 is 14.6 Å². The van der Waals surface area contributed by atoms with E-state index in [4.69, 9.17) is 4.74 Å². The van der Waals surface area contributed by atoms with Gasteiger partial charge in [0, 0.05) is 44.2 Å². The van der Waals surface area contributed by atoms with Gasteiger partial charge in [0.15, 0.2) is 0 Å². The first-order valence-corrected chi connectivity index (χ1v) is 10.4. The van der Waals surface area contributed by atoms with Crippen molar-refractivity contribution in [1.82, 2.24) is 19.6 Å². The predicted octanol–water partition coefficient (Wildman–Crippen LogP) is 1.36. The number of hydrogen-bond acceptors (Lipinski definition) is 5. The number of benzene rings is 1. The Balaban J connectivity index is 1.42. The van der Waals surface area contributed by atoms with E-state index in [1.54, 1.807) is 4.68 Å². The zero-order chi connectivity index (χ0) is 19.3. The van der Waals surface area contributed by atoms with Crippen molar-refractivity contribution in [3.8, 4) is 0 Å². The van der Waals surface area contributed by atoms with Gasteiger partial charge in [-0.15, -0.1) is 0 Å². The first-order chi connectivity index (χ1) is 13.8. The maximum Gasteiger partial charge on any atom is 0.244 e. The first kappa shape index (κ1) is 19.4. The summed E-state index contributed by atoms with van der Waals surface area (Å²) in [4.78, 5) is 17.5. The number of aliphatic hydroxyl groups excluding tert-OH is 1. The van der Waals surface area contributed by atoms with Crippen LogP contribution in [0.25, 0.3) is 10.9 Å². The summed E-state index contributed by atoms with van der Waals surface area (Å²) < 4.78 is 7.30. The number of aromatic nitrogens is 2. The topological polar surface area (TPSA) is 70.8 Å². The fourth-order valence-electron chi connectivity index (χ4n) is 4.65. The quantitative estimate of drug-likeness (QED) is 0.812. The molecule has 0 radical (unpaired) electrons. The Morgan fingerprint density at radius 1 is 1.21 bits per heavy atom. The third kappa shape index (κ3) is 4.21. The second-order valence-corrected chi connectivity index (χ2v) is 7.83. The van der Waals surface area contributed by atoms with Crippen LogP contribution in [0.2, 0.25) is 0 Å². The fraction of sp³-hybridized carbons (Fsp3) is 0.619. The van der Waals surface area contributed by atoms with E-state index in [2.05, 4.69) is 10.00 Å². The number of morpholine rings is 1. The van der Waals surface area contributed by atoms with Crippen LogP contribution < -0.4 is 0 Å². The number of nitrogens with zero attached hydrogens (tertiary/aromatic N) is 4. The summed E-state index contributed by atoms with van der Waals surface area (Å²) in [5.74, 6) is 0.528. The summed E-state index contributed by atoms with van der Waals surface area (Å²) in [6.07, 6.45) is 4.54. The molecule has 1 aromatic heterocycles. The molecular weight excluding hydrogens is 356 g/mol. The molecule has 2 atom stereocenters. The van der Waals surface area contributed by atoms with Gasteiger partial charge in [-0.25, -0.2) is 0 Å². The van der Waals surface area contributed by atoms with Gasteiger partial charge >= 0.3 is 0 Å². The van der Waals surface area contributed by atoms with E-state index in [0.29, 0.717) is 12.0 Å². The highest BCUT2D eigenvalue weighted by Gasteiger charge is 2.35. The minimum absolute atomic E-state index is 0.128. The van der Waals surface area contributed by atoms with Crippen LogP contribution in [0.15, 0.2) is 30.5 Å². The summed E-state index contributed by atoms with van der Waals surface area (Å²) in [5, 5.41) is 14.8. The van der Waals surface area contributed by atoms with Crippen molar-refractivity contribution in [3.63, 3.8) is 0 Å². The van der Waals surface area contributed by atoms with E-state index in [1.165, 1.54) is 0 Å². The standard InChI is InChI=1S/C21H30N4O3/c26-11-3-5-18-15-24(8-7-19(18)23-9-12-28-13-10-23)21(27)16-25-20-6-2-1-4-17(20)14-22-25/h1-2,4,6,14,18-19,26H,3,5,7-13,15-16H2/t18-,19+/m1/s1. The number of fused-ring (bicyclic) bond motifs is 1. The summed E-state index contributed by atoms with van der Waals surface area (Å²) in [7, 11) is 0. The lowest BCUT2D eigenvalue weighted by Gasteiger charge is -2.45. The molecule has 1 aromatic carbocycles. The number of hydrogen-bond donors (Lipinski definition) is 1. The van der Waals surface area contributed by atoms with Crippen LogP contribution in [0, 0.1) is 5.92 Å². The van der Waals surface area contributed by atoms with Crippen molar-refractivity contribution in [2.45, 2.75) is 31.8 Å². The third-order valence-electron chi connectivity index (χ3n) is 6.13. The van der Waals surface area contributed by atoms with Gasteiger partial charge in [0.2, 0.25) is 5.91 Å². The smallest absolute Gasteiger partial charge is 0.244 e. The zero-order valence-corrected chi connectivity index (χ0v) is 16.4. The Kier molecular flexibility index (Phi) is 6.24. The van der Waals surface area contributed by atoms with Crippen LogP contribution in [0.1, 0.15) is 19.3 Å². The van der Waals surface area contributed by atoms with Gasteiger partial charge in [-0.3, -0.25) is 14.4 Å². The van der Waals surface area contributed by atoms with Gasteiger partial charge in [0.25, 0.3) is 0 Å².